The predicted molar refractivity (Wildman–Crippen MR) is 98.7 cm³/mol. The van der Waals surface area contributed by atoms with Crippen molar-refractivity contribution >= 4 is 28.9 Å². The first-order chi connectivity index (χ1) is 11.9. The number of rotatable bonds is 7. The van der Waals surface area contributed by atoms with Gasteiger partial charge in [-0.15, -0.1) is 0 Å². The second kappa shape index (κ2) is 8.60. The van der Waals surface area contributed by atoms with Gasteiger partial charge in [0, 0.05) is 30.8 Å². The Morgan fingerprint density at radius 3 is 2.52 bits per heavy atom. The molecule has 2 N–H and O–H groups in total. The average Bonchev–Trinajstić information content (AvgIpc) is 2.61. The highest BCUT2D eigenvalue weighted by Crippen LogP contribution is 2.25. The Labute approximate surface area is 151 Å². The first-order valence-electron chi connectivity index (χ1n) is 7.96. The molecule has 1 atom stereocenters. The summed E-state index contributed by atoms with van der Waals surface area (Å²) in [5.41, 5.74) is 2.51. The van der Waals surface area contributed by atoms with E-state index in [1.165, 1.54) is 12.1 Å². The molecular formula is C18H20ClN3O3. The third kappa shape index (κ3) is 5.27. The number of nitrogens with one attached hydrogen (secondary N) is 2. The molecule has 25 heavy (non-hydrogen) atoms. The van der Waals surface area contributed by atoms with E-state index in [4.69, 9.17) is 11.6 Å². The molecule has 0 saturated heterocycles. The number of amides is 1. The van der Waals surface area contributed by atoms with E-state index in [0.29, 0.717) is 13.0 Å². The molecule has 0 aliphatic carbocycles. The standard InChI is InChI=1S/C18H20ClN3O3/c1-3-18(23)21-15-7-5-14(6-8-15)12(2)20-11-13-4-9-16(19)17(10-13)22(24)25/h4-10,12,20H,3,11H2,1-2H3,(H,21,23). The summed E-state index contributed by atoms with van der Waals surface area (Å²) in [6, 6.07) is 12.4. The van der Waals surface area contributed by atoms with Gasteiger partial charge in [-0.3, -0.25) is 14.9 Å². The summed E-state index contributed by atoms with van der Waals surface area (Å²) < 4.78 is 0. The van der Waals surface area contributed by atoms with Crippen LogP contribution in [0.4, 0.5) is 11.4 Å². The maximum atomic E-state index is 11.4. The number of nitrogens with zero attached hydrogens (tertiary/aromatic N) is 1. The zero-order valence-corrected chi connectivity index (χ0v) is 14.8. The van der Waals surface area contributed by atoms with Gasteiger partial charge in [0.2, 0.25) is 5.91 Å². The summed E-state index contributed by atoms with van der Waals surface area (Å²) in [6.45, 7) is 4.29. The quantitative estimate of drug-likeness (QED) is 0.563. The molecule has 0 heterocycles. The van der Waals surface area contributed by atoms with Gasteiger partial charge in [0.25, 0.3) is 5.69 Å². The Morgan fingerprint density at radius 1 is 1.24 bits per heavy atom. The third-order valence-corrected chi connectivity index (χ3v) is 4.15. The summed E-state index contributed by atoms with van der Waals surface area (Å²) in [5.74, 6) is -0.0248. The van der Waals surface area contributed by atoms with Crippen LogP contribution in [0.2, 0.25) is 5.02 Å². The van der Waals surface area contributed by atoms with Gasteiger partial charge < -0.3 is 10.6 Å². The number of anilines is 1. The van der Waals surface area contributed by atoms with Crippen LogP contribution in [-0.4, -0.2) is 10.8 Å². The van der Waals surface area contributed by atoms with Crippen molar-refractivity contribution < 1.29 is 9.72 Å². The first-order valence-corrected chi connectivity index (χ1v) is 8.34. The van der Waals surface area contributed by atoms with Crippen molar-refractivity contribution in [2.24, 2.45) is 0 Å². The van der Waals surface area contributed by atoms with E-state index >= 15 is 0 Å². The Kier molecular flexibility index (Phi) is 6.50. The molecule has 2 aromatic carbocycles. The van der Waals surface area contributed by atoms with Crippen molar-refractivity contribution in [2.75, 3.05) is 5.32 Å². The summed E-state index contributed by atoms with van der Waals surface area (Å²) in [5, 5.41) is 17.2. The topological polar surface area (TPSA) is 84.3 Å². The fourth-order valence-electron chi connectivity index (χ4n) is 2.30. The lowest BCUT2D eigenvalue weighted by atomic mass is 10.1. The fourth-order valence-corrected chi connectivity index (χ4v) is 2.49. The van der Waals surface area contributed by atoms with E-state index in [2.05, 4.69) is 10.6 Å². The molecule has 0 aromatic heterocycles. The number of carbonyl (C=O) groups is 1. The van der Waals surface area contributed by atoms with Crippen LogP contribution < -0.4 is 10.6 Å². The van der Waals surface area contributed by atoms with Crippen LogP contribution in [0, 0.1) is 10.1 Å². The van der Waals surface area contributed by atoms with Crippen LogP contribution in [0.25, 0.3) is 0 Å². The van der Waals surface area contributed by atoms with Gasteiger partial charge in [0.1, 0.15) is 5.02 Å². The lowest BCUT2D eigenvalue weighted by Crippen LogP contribution is -2.18. The number of halogens is 1. The molecule has 2 aromatic rings. The number of nitro benzene ring substituents is 1. The Morgan fingerprint density at radius 2 is 1.92 bits per heavy atom. The zero-order chi connectivity index (χ0) is 18.4. The highest BCUT2D eigenvalue weighted by Gasteiger charge is 2.13. The van der Waals surface area contributed by atoms with E-state index in [0.717, 1.165) is 16.8 Å². The fraction of sp³-hybridized carbons (Fsp3) is 0.278. The Bertz CT molecular complexity index is 763. The van der Waals surface area contributed by atoms with Crippen LogP contribution in [0.3, 0.4) is 0 Å². The number of carbonyl (C=O) groups excluding carboxylic acids is 1. The maximum Gasteiger partial charge on any atom is 0.288 e. The summed E-state index contributed by atoms with van der Waals surface area (Å²) in [7, 11) is 0. The number of nitro groups is 1. The third-order valence-electron chi connectivity index (χ3n) is 3.84. The molecular weight excluding hydrogens is 342 g/mol. The SMILES string of the molecule is CCC(=O)Nc1ccc(C(C)NCc2ccc(Cl)c([N+](=O)[O-])c2)cc1. The molecule has 0 radical (unpaired) electrons. The number of hydrogen-bond donors (Lipinski definition) is 2. The van der Waals surface area contributed by atoms with Crippen LogP contribution >= 0.6 is 11.6 Å². The average molecular weight is 362 g/mol. The second-order valence-corrected chi connectivity index (χ2v) is 6.08. The molecule has 0 aliphatic heterocycles. The zero-order valence-electron chi connectivity index (χ0n) is 14.1. The minimum atomic E-state index is -0.488. The molecule has 0 bridgehead atoms. The minimum absolute atomic E-state index is 0.0248. The molecule has 0 aliphatic rings. The lowest BCUT2D eigenvalue weighted by molar-refractivity contribution is -0.384. The Hall–Kier alpha value is -2.44. The van der Waals surface area contributed by atoms with Crippen molar-refractivity contribution in [1.29, 1.82) is 0 Å². The van der Waals surface area contributed by atoms with Crippen LogP contribution in [0.15, 0.2) is 42.5 Å². The Balaban J connectivity index is 1.98. The van der Waals surface area contributed by atoms with Gasteiger partial charge in [0.15, 0.2) is 0 Å². The molecule has 0 saturated carbocycles. The van der Waals surface area contributed by atoms with Crippen molar-refractivity contribution in [1.82, 2.24) is 5.32 Å². The van der Waals surface area contributed by atoms with Crippen molar-refractivity contribution in [3.05, 3.63) is 68.7 Å². The summed E-state index contributed by atoms with van der Waals surface area (Å²) in [4.78, 5) is 21.8. The molecule has 1 unspecified atom stereocenters. The molecule has 7 heteroatoms. The molecule has 1 amide bonds. The molecule has 2 rings (SSSR count). The monoisotopic (exact) mass is 361 g/mol. The molecule has 132 valence electrons. The van der Waals surface area contributed by atoms with Gasteiger partial charge in [-0.05, 0) is 36.2 Å². The van der Waals surface area contributed by atoms with Gasteiger partial charge in [-0.25, -0.2) is 0 Å². The normalized spacial score (nSPS) is 11.8. The smallest absolute Gasteiger partial charge is 0.288 e. The second-order valence-electron chi connectivity index (χ2n) is 5.67. The van der Waals surface area contributed by atoms with Crippen molar-refractivity contribution in [3.8, 4) is 0 Å². The lowest BCUT2D eigenvalue weighted by Gasteiger charge is -2.15. The van der Waals surface area contributed by atoms with Crippen LogP contribution in [0.1, 0.15) is 37.4 Å². The van der Waals surface area contributed by atoms with Gasteiger partial charge in [-0.2, -0.15) is 0 Å². The summed E-state index contributed by atoms with van der Waals surface area (Å²) >= 11 is 5.82. The van der Waals surface area contributed by atoms with Crippen molar-refractivity contribution in [3.63, 3.8) is 0 Å². The number of hydrogen-bond acceptors (Lipinski definition) is 4. The molecule has 6 nitrogen and oxygen atoms in total. The predicted octanol–water partition coefficient (Wildman–Crippen LogP) is 4.45. The van der Waals surface area contributed by atoms with Gasteiger partial charge >= 0.3 is 0 Å². The van der Waals surface area contributed by atoms with E-state index in [-0.39, 0.29) is 22.7 Å². The molecule has 0 fully saturated rings. The van der Waals surface area contributed by atoms with Crippen molar-refractivity contribution in [2.45, 2.75) is 32.9 Å². The van der Waals surface area contributed by atoms with E-state index < -0.39 is 4.92 Å². The molecule has 0 spiro atoms. The number of benzene rings is 2. The largest absolute Gasteiger partial charge is 0.326 e. The highest BCUT2D eigenvalue weighted by molar-refractivity contribution is 6.32. The van der Waals surface area contributed by atoms with E-state index in [9.17, 15) is 14.9 Å². The van der Waals surface area contributed by atoms with E-state index in [1.807, 2.05) is 31.2 Å². The highest BCUT2D eigenvalue weighted by atomic mass is 35.5. The maximum absolute atomic E-state index is 11.4. The summed E-state index contributed by atoms with van der Waals surface area (Å²) in [6.07, 6.45) is 0.437. The van der Waals surface area contributed by atoms with Gasteiger partial charge in [-0.1, -0.05) is 36.7 Å². The van der Waals surface area contributed by atoms with Crippen LogP contribution in [-0.2, 0) is 11.3 Å². The van der Waals surface area contributed by atoms with E-state index in [1.54, 1.807) is 13.0 Å². The van der Waals surface area contributed by atoms with Crippen LogP contribution in [0.5, 0.6) is 0 Å². The van der Waals surface area contributed by atoms with Gasteiger partial charge in [0.05, 0.1) is 4.92 Å². The minimum Gasteiger partial charge on any atom is -0.326 e. The first kappa shape index (κ1) is 18.9.